The molecule has 0 saturated carbocycles. The molecule has 1 N–H and O–H groups in total. The first-order valence-electron chi connectivity index (χ1n) is 8.77. The quantitative estimate of drug-likeness (QED) is 0.789. The number of nitrogens with zero attached hydrogens (tertiary/aromatic N) is 1. The Labute approximate surface area is 169 Å². The molecule has 1 heterocycles. The molecule has 0 aliphatic carbocycles. The molecule has 0 bridgehead atoms. The highest BCUT2D eigenvalue weighted by molar-refractivity contribution is 6.37. The predicted octanol–water partition coefficient (Wildman–Crippen LogP) is 3.81. The highest BCUT2D eigenvalue weighted by atomic mass is 35.5. The van der Waals surface area contributed by atoms with Gasteiger partial charge >= 0.3 is 0 Å². The molecule has 1 aliphatic heterocycles. The zero-order chi connectivity index (χ0) is 19.2. The number of carbonyl (C=O) groups excluding carboxylic acids is 1. The normalized spacial score (nSPS) is 16.0. The van der Waals surface area contributed by atoms with Crippen LogP contribution in [0, 0.1) is 0 Å². The van der Waals surface area contributed by atoms with Crippen molar-refractivity contribution in [3.05, 3.63) is 63.6 Å². The molecule has 0 spiro atoms. The van der Waals surface area contributed by atoms with Gasteiger partial charge in [-0.15, -0.1) is 0 Å². The predicted molar refractivity (Wildman–Crippen MR) is 107 cm³/mol. The molecule has 1 amide bonds. The van der Waals surface area contributed by atoms with Crippen LogP contribution in [0.1, 0.15) is 22.0 Å². The van der Waals surface area contributed by atoms with E-state index >= 15 is 0 Å². The summed E-state index contributed by atoms with van der Waals surface area (Å²) >= 11 is 12.4. The molecule has 1 aliphatic rings. The molecular formula is C20H22Cl2N2O3. The summed E-state index contributed by atoms with van der Waals surface area (Å²) in [4.78, 5) is 15.1. The van der Waals surface area contributed by atoms with Gasteiger partial charge in [-0.3, -0.25) is 9.69 Å². The third-order valence-electron chi connectivity index (χ3n) is 4.52. The largest absolute Gasteiger partial charge is 0.494 e. The van der Waals surface area contributed by atoms with Crippen molar-refractivity contribution in [3.63, 3.8) is 0 Å². The van der Waals surface area contributed by atoms with Crippen LogP contribution in [0.3, 0.4) is 0 Å². The molecule has 3 rings (SSSR count). The van der Waals surface area contributed by atoms with Gasteiger partial charge in [-0.05, 0) is 17.7 Å². The first kappa shape index (κ1) is 20.0. The first-order valence-corrected chi connectivity index (χ1v) is 9.53. The topological polar surface area (TPSA) is 50.8 Å². The maximum Gasteiger partial charge on any atom is 0.251 e. The Morgan fingerprint density at radius 2 is 1.81 bits per heavy atom. The lowest BCUT2D eigenvalue weighted by atomic mass is 10.1. The highest BCUT2D eigenvalue weighted by Gasteiger charge is 2.22. The first-order chi connectivity index (χ1) is 13.1. The van der Waals surface area contributed by atoms with E-state index in [1.165, 1.54) is 7.11 Å². The van der Waals surface area contributed by atoms with Gasteiger partial charge in [0.05, 0.1) is 36.4 Å². The molecule has 1 unspecified atom stereocenters. The van der Waals surface area contributed by atoms with Crippen LogP contribution in [0.4, 0.5) is 0 Å². The average Bonchev–Trinajstić information content (AvgIpc) is 2.68. The zero-order valence-electron chi connectivity index (χ0n) is 15.1. The van der Waals surface area contributed by atoms with Crippen molar-refractivity contribution in [1.82, 2.24) is 10.2 Å². The molecule has 1 saturated heterocycles. The lowest BCUT2D eigenvalue weighted by Gasteiger charge is -2.31. The molecule has 1 atom stereocenters. The molecule has 144 valence electrons. The molecule has 27 heavy (non-hydrogen) atoms. The molecule has 5 nitrogen and oxygen atoms in total. The van der Waals surface area contributed by atoms with Crippen molar-refractivity contribution in [3.8, 4) is 5.75 Å². The summed E-state index contributed by atoms with van der Waals surface area (Å²) in [7, 11) is 1.49. The molecular weight excluding hydrogens is 387 g/mol. The summed E-state index contributed by atoms with van der Waals surface area (Å²) in [6.45, 7) is 3.81. The van der Waals surface area contributed by atoms with Crippen molar-refractivity contribution >= 4 is 29.1 Å². The summed E-state index contributed by atoms with van der Waals surface area (Å²) in [5.41, 5.74) is 1.44. The molecule has 0 radical (unpaired) electrons. The Kier molecular flexibility index (Phi) is 6.96. The van der Waals surface area contributed by atoms with E-state index in [-0.39, 0.29) is 11.9 Å². The Balaban J connectivity index is 1.79. The molecule has 7 heteroatoms. The van der Waals surface area contributed by atoms with Crippen molar-refractivity contribution in [2.45, 2.75) is 6.04 Å². The third kappa shape index (κ3) is 5.14. The van der Waals surface area contributed by atoms with Crippen LogP contribution >= 0.6 is 23.2 Å². The summed E-state index contributed by atoms with van der Waals surface area (Å²) in [5, 5.41) is 3.72. The van der Waals surface area contributed by atoms with Gasteiger partial charge in [0.2, 0.25) is 0 Å². The number of hydrogen-bond donors (Lipinski definition) is 1. The summed E-state index contributed by atoms with van der Waals surface area (Å²) in [6, 6.07) is 12.9. The fraction of sp³-hybridized carbons (Fsp3) is 0.350. The summed E-state index contributed by atoms with van der Waals surface area (Å²) in [6.07, 6.45) is 0. The van der Waals surface area contributed by atoms with Gasteiger partial charge in [0.1, 0.15) is 0 Å². The number of rotatable bonds is 6. The fourth-order valence-electron chi connectivity index (χ4n) is 3.09. The van der Waals surface area contributed by atoms with E-state index in [0.717, 1.165) is 18.7 Å². The monoisotopic (exact) mass is 408 g/mol. The van der Waals surface area contributed by atoms with Gasteiger partial charge in [-0.1, -0.05) is 53.5 Å². The Bertz CT molecular complexity index is 757. The van der Waals surface area contributed by atoms with Crippen molar-refractivity contribution in [1.29, 1.82) is 0 Å². The van der Waals surface area contributed by atoms with E-state index in [0.29, 0.717) is 41.1 Å². The average molecular weight is 409 g/mol. The number of halogens is 2. The minimum Gasteiger partial charge on any atom is -0.494 e. The Hall–Kier alpha value is -1.79. The minimum absolute atomic E-state index is 0.156. The molecule has 0 aromatic heterocycles. The summed E-state index contributed by atoms with van der Waals surface area (Å²) < 4.78 is 10.6. The Morgan fingerprint density at radius 1 is 1.19 bits per heavy atom. The van der Waals surface area contributed by atoms with Crippen molar-refractivity contribution in [2.24, 2.45) is 0 Å². The number of amides is 1. The second-order valence-corrected chi connectivity index (χ2v) is 7.14. The van der Waals surface area contributed by atoms with Gasteiger partial charge in [0.15, 0.2) is 5.75 Å². The van der Waals surface area contributed by atoms with Gasteiger partial charge in [0.25, 0.3) is 5.91 Å². The maximum atomic E-state index is 12.9. The van der Waals surface area contributed by atoms with Crippen molar-refractivity contribution < 1.29 is 14.3 Å². The molecule has 2 aromatic rings. The molecule has 2 aromatic carbocycles. The van der Waals surface area contributed by atoms with Crippen LogP contribution in [0.5, 0.6) is 5.75 Å². The SMILES string of the molecule is COc1c(Cl)cc(C(=O)NC(CN2CCOCC2)c2ccccc2)cc1Cl. The van der Waals surface area contributed by atoms with Crippen LogP contribution in [0.25, 0.3) is 0 Å². The van der Waals surface area contributed by atoms with Crippen LogP contribution in [0.2, 0.25) is 10.0 Å². The van der Waals surface area contributed by atoms with Crippen LogP contribution in [-0.2, 0) is 4.74 Å². The van der Waals surface area contributed by atoms with Gasteiger partial charge in [-0.25, -0.2) is 0 Å². The van der Waals surface area contributed by atoms with Crippen LogP contribution in [-0.4, -0.2) is 50.8 Å². The van der Waals surface area contributed by atoms with Crippen LogP contribution < -0.4 is 10.1 Å². The lowest BCUT2D eigenvalue weighted by Crippen LogP contribution is -2.43. The zero-order valence-corrected chi connectivity index (χ0v) is 16.6. The van der Waals surface area contributed by atoms with Crippen molar-refractivity contribution in [2.75, 3.05) is 40.0 Å². The van der Waals surface area contributed by atoms with Gasteiger partial charge in [0, 0.05) is 25.2 Å². The highest BCUT2D eigenvalue weighted by Crippen LogP contribution is 2.34. The maximum absolute atomic E-state index is 12.9. The van der Waals surface area contributed by atoms with E-state index in [1.54, 1.807) is 12.1 Å². The smallest absolute Gasteiger partial charge is 0.251 e. The molecule has 1 fully saturated rings. The third-order valence-corrected chi connectivity index (χ3v) is 5.08. The lowest BCUT2D eigenvalue weighted by molar-refractivity contribution is 0.0332. The fourth-order valence-corrected chi connectivity index (χ4v) is 3.73. The minimum atomic E-state index is -0.233. The number of hydrogen-bond acceptors (Lipinski definition) is 4. The van der Waals surface area contributed by atoms with E-state index in [1.807, 2.05) is 30.3 Å². The number of nitrogens with one attached hydrogen (secondary N) is 1. The Morgan fingerprint density at radius 3 is 2.41 bits per heavy atom. The second-order valence-electron chi connectivity index (χ2n) is 6.32. The number of methoxy groups -OCH3 is 1. The summed E-state index contributed by atoms with van der Waals surface area (Å²) in [5.74, 6) is 0.131. The van der Waals surface area contributed by atoms with Gasteiger partial charge in [-0.2, -0.15) is 0 Å². The van der Waals surface area contributed by atoms with Gasteiger partial charge < -0.3 is 14.8 Å². The van der Waals surface area contributed by atoms with E-state index < -0.39 is 0 Å². The van der Waals surface area contributed by atoms with E-state index in [4.69, 9.17) is 32.7 Å². The van der Waals surface area contributed by atoms with E-state index in [2.05, 4.69) is 10.2 Å². The number of benzene rings is 2. The standard InChI is InChI=1S/C20H22Cl2N2O3/c1-26-19-16(21)11-15(12-17(19)22)20(25)23-18(14-5-3-2-4-6-14)13-24-7-9-27-10-8-24/h2-6,11-12,18H,7-10,13H2,1H3,(H,23,25). The number of carbonyl (C=O) groups is 1. The second kappa shape index (κ2) is 9.42. The van der Waals surface area contributed by atoms with Crippen LogP contribution in [0.15, 0.2) is 42.5 Å². The number of ether oxygens (including phenoxy) is 2. The number of morpholine rings is 1. The van der Waals surface area contributed by atoms with E-state index in [9.17, 15) is 4.79 Å².